The summed E-state index contributed by atoms with van der Waals surface area (Å²) in [6, 6.07) is 0. The van der Waals surface area contributed by atoms with Crippen molar-refractivity contribution in [2.24, 2.45) is 5.92 Å². The van der Waals surface area contributed by atoms with Crippen LogP contribution in [0.3, 0.4) is 0 Å². The Labute approximate surface area is 109 Å². The van der Waals surface area contributed by atoms with Crippen molar-refractivity contribution in [3.8, 4) is 0 Å². The first-order valence-electron chi connectivity index (χ1n) is 6.17. The molecule has 0 amide bonds. The van der Waals surface area contributed by atoms with Crippen molar-refractivity contribution in [1.82, 2.24) is 9.55 Å². The van der Waals surface area contributed by atoms with Crippen LogP contribution in [0.25, 0.3) is 0 Å². The summed E-state index contributed by atoms with van der Waals surface area (Å²) in [5, 5.41) is 3.46. The lowest BCUT2D eigenvalue weighted by Crippen LogP contribution is -2.27. The van der Waals surface area contributed by atoms with E-state index in [4.69, 9.17) is 0 Å². The molecule has 0 aliphatic rings. The Morgan fingerprint density at radius 3 is 2.65 bits per heavy atom. The summed E-state index contributed by atoms with van der Waals surface area (Å²) in [5.74, 6) is 1.64. The number of aromatic nitrogens is 2. The van der Waals surface area contributed by atoms with Gasteiger partial charge >= 0.3 is 0 Å². The van der Waals surface area contributed by atoms with Gasteiger partial charge in [0, 0.05) is 24.0 Å². The summed E-state index contributed by atoms with van der Waals surface area (Å²) < 4.78 is 2.46. The SMILES string of the molecule is CSC(C)(C)CNc1nc(C)cn1CC(C)C. The molecule has 0 saturated carbocycles. The van der Waals surface area contributed by atoms with E-state index >= 15 is 0 Å². The van der Waals surface area contributed by atoms with Gasteiger partial charge in [-0.15, -0.1) is 0 Å². The molecule has 0 aliphatic heterocycles. The van der Waals surface area contributed by atoms with E-state index in [0.29, 0.717) is 5.92 Å². The molecule has 0 aliphatic carbocycles. The summed E-state index contributed by atoms with van der Waals surface area (Å²) in [4.78, 5) is 4.54. The van der Waals surface area contributed by atoms with E-state index in [2.05, 4.69) is 55.0 Å². The van der Waals surface area contributed by atoms with Crippen LogP contribution in [-0.2, 0) is 6.54 Å². The molecule has 0 aromatic carbocycles. The third-order valence-electron chi connectivity index (χ3n) is 2.68. The Balaban J connectivity index is 2.70. The van der Waals surface area contributed by atoms with E-state index in [1.165, 1.54) is 0 Å². The maximum absolute atomic E-state index is 4.54. The lowest BCUT2D eigenvalue weighted by molar-refractivity contribution is 0.525. The Morgan fingerprint density at radius 1 is 1.47 bits per heavy atom. The number of hydrogen-bond donors (Lipinski definition) is 1. The van der Waals surface area contributed by atoms with Crippen molar-refractivity contribution in [2.45, 2.75) is 45.9 Å². The molecule has 98 valence electrons. The summed E-state index contributed by atoms with van der Waals surface area (Å²) in [7, 11) is 0. The molecule has 4 heteroatoms. The summed E-state index contributed by atoms with van der Waals surface area (Å²) in [6.45, 7) is 12.9. The van der Waals surface area contributed by atoms with Gasteiger partial charge in [-0.1, -0.05) is 13.8 Å². The zero-order valence-electron chi connectivity index (χ0n) is 11.9. The Morgan fingerprint density at radius 2 is 2.12 bits per heavy atom. The molecule has 1 aromatic rings. The number of rotatable bonds is 6. The molecule has 1 N–H and O–H groups in total. The molecule has 17 heavy (non-hydrogen) atoms. The van der Waals surface area contributed by atoms with Gasteiger partial charge in [-0.3, -0.25) is 0 Å². The average molecular weight is 255 g/mol. The first-order valence-corrected chi connectivity index (χ1v) is 7.39. The van der Waals surface area contributed by atoms with Gasteiger partial charge in [0.05, 0.1) is 5.69 Å². The van der Waals surface area contributed by atoms with Crippen LogP contribution in [0.4, 0.5) is 5.95 Å². The van der Waals surface area contributed by atoms with Gasteiger partial charge in [0.2, 0.25) is 5.95 Å². The quantitative estimate of drug-likeness (QED) is 0.845. The van der Waals surface area contributed by atoms with E-state index < -0.39 is 0 Å². The third-order valence-corrected chi connectivity index (χ3v) is 3.93. The molecular weight excluding hydrogens is 230 g/mol. The van der Waals surface area contributed by atoms with Gasteiger partial charge in [0.15, 0.2) is 0 Å². The van der Waals surface area contributed by atoms with E-state index in [1.807, 2.05) is 18.7 Å². The van der Waals surface area contributed by atoms with Crippen molar-refractivity contribution in [2.75, 3.05) is 18.1 Å². The van der Waals surface area contributed by atoms with Crippen LogP contribution < -0.4 is 5.32 Å². The Kier molecular flexibility index (Phi) is 4.92. The maximum atomic E-state index is 4.54. The van der Waals surface area contributed by atoms with Gasteiger partial charge in [-0.05, 0) is 32.9 Å². The smallest absolute Gasteiger partial charge is 0.203 e. The minimum Gasteiger partial charge on any atom is -0.354 e. The van der Waals surface area contributed by atoms with Crippen LogP contribution in [0.1, 0.15) is 33.4 Å². The fourth-order valence-corrected chi connectivity index (χ4v) is 1.80. The second-order valence-corrected chi connectivity index (χ2v) is 7.08. The van der Waals surface area contributed by atoms with E-state index in [-0.39, 0.29) is 4.75 Å². The van der Waals surface area contributed by atoms with Crippen LogP contribution >= 0.6 is 11.8 Å². The molecule has 1 rings (SSSR count). The zero-order valence-corrected chi connectivity index (χ0v) is 12.7. The number of nitrogens with zero attached hydrogens (tertiary/aromatic N) is 2. The predicted octanol–water partition coefficient (Wildman–Crippen LogP) is 3.40. The number of imidazole rings is 1. The Hall–Kier alpha value is -0.640. The normalized spacial score (nSPS) is 12.2. The lowest BCUT2D eigenvalue weighted by Gasteiger charge is -2.23. The van der Waals surface area contributed by atoms with Crippen molar-refractivity contribution < 1.29 is 0 Å². The minimum absolute atomic E-state index is 0.239. The molecule has 1 heterocycles. The molecular formula is C13H25N3S. The number of hydrogen-bond acceptors (Lipinski definition) is 3. The fourth-order valence-electron chi connectivity index (χ4n) is 1.58. The topological polar surface area (TPSA) is 29.9 Å². The highest BCUT2D eigenvalue weighted by atomic mass is 32.2. The molecule has 0 saturated heterocycles. The van der Waals surface area contributed by atoms with Crippen molar-refractivity contribution in [3.63, 3.8) is 0 Å². The minimum atomic E-state index is 0.239. The third kappa shape index (κ3) is 4.62. The lowest BCUT2D eigenvalue weighted by atomic mass is 10.2. The van der Waals surface area contributed by atoms with Crippen molar-refractivity contribution >= 4 is 17.7 Å². The Bertz CT molecular complexity index is 356. The standard InChI is InChI=1S/C13H25N3S/c1-10(2)7-16-8-11(3)15-12(16)14-9-13(4,5)17-6/h8,10H,7,9H2,1-6H3,(H,14,15). The van der Waals surface area contributed by atoms with Gasteiger partial charge in [0.1, 0.15) is 0 Å². The molecule has 0 unspecified atom stereocenters. The number of anilines is 1. The number of nitrogens with one attached hydrogen (secondary N) is 1. The largest absolute Gasteiger partial charge is 0.354 e. The molecule has 1 aromatic heterocycles. The molecule has 0 bridgehead atoms. The molecule has 0 fully saturated rings. The zero-order chi connectivity index (χ0) is 13.1. The van der Waals surface area contributed by atoms with E-state index in [0.717, 1.165) is 24.7 Å². The van der Waals surface area contributed by atoms with Crippen LogP contribution in [0, 0.1) is 12.8 Å². The van der Waals surface area contributed by atoms with Crippen LogP contribution in [0.15, 0.2) is 6.20 Å². The van der Waals surface area contributed by atoms with Crippen LogP contribution in [0.2, 0.25) is 0 Å². The summed E-state index contributed by atoms with van der Waals surface area (Å²) in [6.07, 6.45) is 4.27. The van der Waals surface area contributed by atoms with Crippen LogP contribution in [0.5, 0.6) is 0 Å². The molecule has 0 radical (unpaired) electrons. The average Bonchev–Trinajstić information content (AvgIpc) is 2.55. The van der Waals surface area contributed by atoms with Gasteiger partial charge < -0.3 is 9.88 Å². The molecule has 0 atom stereocenters. The highest BCUT2D eigenvalue weighted by Gasteiger charge is 2.17. The monoisotopic (exact) mass is 255 g/mol. The summed E-state index contributed by atoms with van der Waals surface area (Å²) in [5.41, 5.74) is 1.08. The first-order chi connectivity index (χ1) is 7.84. The fraction of sp³-hybridized carbons (Fsp3) is 0.769. The van der Waals surface area contributed by atoms with E-state index in [9.17, 15) is 0 Å². The number of aryl methyl sites for hydroxylation is 1. The van der Waals surface area contributed by atoms with Gasteiger partial charge in [0.25, 0.3) is 0 Å². The highest BCUT2D eigenvalue weighted by molar-refractivity contribution is 7.99. The van der Waals surface area contributed by atoms with Gasteiger partial charge in [-0.25, -0.2) is 4.98 Å². The second kappa shape index (κ2) is 5.80. The van der Waals surface area contributed by atoms with Crippen molar-refractivity contribution in [1.29, 1.82) is 0 Å². The van der Waals surface area contributed by atoms with Crippen LogP contribution in [-0.4, -0.2) is 27.1 Å². The predicted molar refractivity (Wildman–Crippen MR) is 77.9 cm³/mol. The summed E-state index contributed by atoms with van der Waals surface area (Å²) >= 11 is 1.87. The first kappa shape index (κ1) is 14.4. The molecule has 3 nitrogen and oxygen atoms in total. The molecule has 0 spiro atoms. The van der Waals surface area contributed by atoms with E-state index in [1.54, 1.807) is 0 Å². The highest BCUT2D eigenvalue weighted by Crippen LogP contribution is 2.22. The number of thioether (sulfide) groups is 1. The van der Waals surface area contributed by atoms with Crippen molar-refractivity contribution in [3.05, 3.63) is 11.9 Å². The maximum Gasteiger partial charge on any atom is 0.203 e. The van der Waals surface area contributed by atoms with Gasteiger partial charge in [-0.2, -0.15) is 11.8 Å². The second-order valence-electron chi connectivity index (χ2n) is 5.57.